The number of nitrogens with zero attached hydrogens (tertiary/aromatic N) is 1. The summed E-state index contributed by atoms with van der Waals surface area (Å²) in [7, 11) is 1.84. The second-order valence-electron chi connectivity index (χ2n) is 5.01. The van der Waals surface area contributed by atoms with Crippen molar-refractivity contribution in [2.75, 3.05) is 7.05 Å². The molecule has 96 valence electrons. The fourth-order valence-corrected chi connectivity index (χ4v) is 1.48. The van der Waals surface area contributed by atoms with Gasteiger partial charge in [-0.1, -0.05) is 13.8 Å². The Kier molecular flexibility index (Phi) is 8.14. The third kappa shape index (κ3) is 7.30. The molecule has 0 saturated heterocycles. The molecule has 1 rings (SSSR count). The van der Waals surface area contributed by atoms with Gasteiger partial charge in [-0.25, -0.2) is 0 Å². The van der Waals surface area contributed by atoms with Crippen molar-refractivity contribution in [3.63, 3.8) is 0 Å². The Hall–Kier alpha value is 0. The summed E-state index contributed by atoms with van der Waals surface area (Å²) in [6, 6.07) is 1.19. The van der Waals surface area contributed by atoms with Crippen LogP contribution in [-0.4, -0.2) is 25.1 Å². The van der Waals surface area contributed by atoms with E-state index in [0.29, 0.717) is 12.1 Å². The molecule has 1 aliphatic carbocycles. The molecule has 2 N–H and O–H groups in total. The number of hydrogen-bond donors (Lipinski definition) is 2. The molecule has 0 aromatic heterocycles. The van der Waals surface area contributed by atoms with E-state index >= 15 is 0 Å². The van der Waals surface area contributed by atoms with Crippen LogP contribution in [0.5, 0.6) is 0 Å². The van der Waals surface area contributed by atoms with Crippen LogP contribution in [0.4, 0.5) is 0 Å². The van der Waals surface area contributed by atoms with Crippen LogP contribution in [0.2, 0.25) is 0 Å². The van der Waals surface area contributed by atoms with Gasteiger partial charge in [0.05, 0.1) is 0 Å². The quantitative estimate of drug-likeness (QED) is 0.459. The van der Waals surface area contributed by atoms with Crippen molar-refractivity contribution in [2.24, 2.45) is 10.9 Å². The summed E-state index contributed by atoms with van der Waals surface area (Å²) in [6.45, 7) is 6.76. The van der Waals surface area contributed by atoms with Gasteiger partial charge in [0.15, 0.2) is 5.96 Å². The van der Waals surface area contributed by atoms with E-state index in [2.05, 4.69) is 36.4 Å². The summed E-state index contributed by atoms with van der Waals surface area (Å²) in [5, 5.41) is 6.83. The molecule has 0 amide bonds. The number of rotatable bonds is 5. The first-order valence-electron chi connectivity index (χ1n) is 6.11. The normalized spacial score (nSPS) is 17.9. The maximum atomic E-state index is 4.23. The topological polar surface area (TPSA) is 36.4 Å². The van der Waals surface area contributed by atoms with Crippen molar-refractivity contribution in [2.45, 2.75) is 58.5 Å². The summed E-state index contributed by atoms with van der Waals surface area (Å²) < 4.78 is 0. The molecule has 0 aromatic rings. The first-order chi connectivity index (χ1) is 7.11. The van der Waals surface area contributed by atoms with Gasteiger partial charge in [-0.2, -0.15) is 0 Å². The molecule has 0 aliphatic heterocycles. The predicted molar refractivity (Wildman–Crippen MR) is 81.6 cm³/mol. The van der Waals surface area contributed by atoms with Crippen LogP contribution in [0, 0.1) is 5.92 Å². The lowest BCUT2D eigenvalue weighted by Gasteiger charge is -2.18. The van der Waals surface area contributed by atoms with Crippen molar-refractivity contribution in [3.05, 3.63) is 0 Å². The number of guanidine groups is 1. The van der Waals surface area contributed by atoms with Crippen molar-refractivity contribution >= 4 is 29.9 Å². The first-order valence-corrected chi connectivity index (χ1v) is 6.11. The molecule has 1 fully saturated rings. The van der Waals surface area contributed by atoms with E-state index in [4.69, 9.17) is 0 Å². The molecule has 16 heavy (non-hydrogen) atoms. The number of hydrogen-bond acceptors (Lipinski definition) is 1. The monoisotopic (exact) mass is 339 g/mol. The third-order valence-corrected chi connectivity index (χ3v) is 2.70. The number of nitrogens with one attached hydrogen (secondary N) is 2. The van der Waals surface area contributed by atoms with Crippen molar-refractivity contribution in [3.8, 4) is 0 Å². The third-order valence-electron chi connectivity index (χ3n) is 2.70. The van der Waals surface area contributed by atoms with E-state index in [0.717, 1.165) is 11.9 Å². The lowest BCUT2D eigenvalue weighted by molar-refractivity contribution is 0.489. The largest absolute Gasteiger partial charge is 0.354 e. The van der Waals surface area contributed by atoms with Crippen molar-refractivity contribution in [1.82, 2.24) is 10.6 Å². The first kappa shape index (κ1) is 16.0. The molecule has 3 nitrogen and oxygen atoms in total. The Balaban J connectivity index is 0.00000225. The number of halogens is 1. The lowest BCUT2D eigenvalue weighted by Crippen LogP contribution is -2.43. The fourth-order valence-electron chi connectivity index (χ4n) is 1.48. The van der Waals surface area contributed by atoms with E-state index in [1.165, 1.54) is 25.7 Å². The second-order valence-corrected chi connectivity index (χ2v) is 5.01. The minimum absolute atomic E-state index is 0. The van der Waals surface area contributed by atoms with E-state index in [1.54, 1.807) is 0 Å². The Labute approximate surface area is 117 Å². The zero-order valence-corrected chi connectivity index (χ0v) is 13.2. The van der Waals surface area contributed by atoms with Gasteiger partial charge in [-0.05, 0) is 38.5 Å². The van der Waals surface area contributed by atoms with Crippen LogP contribution >= 0.6 is 24.0 Å². The molecule has 0 bridgehead atoms. The highest BCUT2D eigenvalue weighted by Crippen LogP contribution is 2.18. The molecule has 0 aromatic carbocycles. The van der Waals surface area contributed by atoms with Crippen LogP contribution in [0.1, 0.15) is 46.5 Å². The molecule has 0 heterocycles. The van der Waals surface area contributed by atoms with Crippen LogP contribution in [0.15, 0.2) is 4.99 Å². The number of aliphatic imine (C=N–C) groups is 1. The SMILES string of the molecule is CN=C(NC(C)CCC(C)C)NC1CC1.I. The lowest BCUT2D eigenvalue weighted by atomic mass is 10.0. The zero-order valence-electron chi connectivity index (χ0n) is 10.9. The van der Waals surface area contributed by atoms with Gasteiger partial charge in [0.1, 0.15) is 0 Å². The van der Waals surface area contributed by atoms with E-state index in [1.807, 2.05) is 7.05 Å². The second kappa shape index (κ2) is 8.14. The van der Waals surface area contributed by atoms with Crippen molar-refractivity contribution < 1.29 is 0 Å². The van der Waals surface area contributed by atoms with Crippen LogP contribution in [0.25, 0.3) is 0 Å². The molecule has 1 unspecified atom stereocenters. The highest BCUT2D eigenvalue weighted by atomic mass is 127. The summed E-state index contributed by atoms with van der Waals surface area (Å²) in [5.74, 6) is 1.75. The molecule has 1 aliphatic rings. The smallest absolute Gasteiger partial charge is 0.191 e. The van der Waals surface area contributed by atoms with Crippen LogP contribution in [-0.2, 0) is 0 Å². The van der Waals surface area contributed by atoms with Gasteiger partial charge in [-0.15, -0.1) is 24.0 Å². The standard InChI is InChI=1S/C12H25N3.HI/c1-9(2)5-6-10(3)14-12(13-4)15-11-7-8-11;/h9-11H,5-8H2,1-4H3,(H2,13,14,15);1H. The van der Waals surface area contributed by atoms with Gasteiger partial charge in [0.2, 0.25) is 0 Å². The summed E-state index contributed by atoms with van der Waals surface area (Å²) in [6.07, 6.45) is 5.07. The maximum Gasteiger partial charge on any atom is 0.191 e. The highest BCUT2D eigenvalue weighted by molar-refractivity contribution is 14.0. The van der Waals surface area contributed by atoms with E-state index in [9.17, 15) is 0 Å². The molecule has 1 atom stereocenters. The average molecular weight is 339 g/mol. The van der Waals surface area contributed by atoms with Gasteiger partial charge in [0.25, 0.3) is 0 Å². The zero-order chi connectivity index (χ0) is 11.3. The summed E-state index contributed by atoms with van der Waals surface area (Å²) in [4.78, 5) is 4.23. The predicted octanol–water partition coefficient (Wildman–Crippen LogP) is 2.76. The van der Waals surface area contributed by atoms with Gasteiger partial charge < -0.3 is 10.6 Å². The fraction of sp³-hybridized carbons (Fsp3) is 0.917. The van der Waals surface area contributed by atoms with Gasteiger partial charge in [-0.3, -0.25) is 4.99 Å². The Bertz CT molecular complexity index is 212. The van der Waals surface area contributed by atoms with Gasteiger partial charge >= 0.3 is 0 Å². The van der Waals surface area contributed by atoms with Crippen molar-refractivity contribution in [1.29, 1.82) is 0 Å². The Morgan fingerprint density at radius 1 is 1.25 bits per heavy atom. The maximum absolute atomic E-state index is 4.23. The Morgan fingerprint density at radius 2 is 1.88 bits per heavy atom. The van der Waals surface area contributed by atoms with Crippen LogP contribution in [0.3, 0.4) is 0 Å². The van der Waals surface area contributed by atoms with Gasteiger partial charge in [0, 0.05) is 19.1 Å². The van der Waals surface area contributed by atoms with E-state index in [-0.39, 0.29) is 24.0 Å². The average Bonchev–Trinajstić information content (AvgIpc) is 2.97. The Morgan fingerprint density at radius 3 is 2.31 bits per heavy atom. The molecule has 4 heteroatoms. The van der Waals surface area contributed by atoms with E-state index < -0.39 is 0 Å². The highest BCUT2D eigenvalue weighted by Gasteiger charge is 2.22. The summed E-state index contributed by atoms with van der Waals surface area (Å²) in [5.41, 5.74) is 0. The molecular weight excluding hydrogens is 313 g/mol. The summed E-state index contributed by atoms with van der Waals surface area (Å²) >= 11 is 0. The van der Waals surface area contributed by atoms with Crippen LogP contribution < -0.4 is 10.6 Å². The minimum atomic E-state index is 0. The minimum Gasteiger partial charge on any atom is -0.354 e. The molecule has 0 spiro atoms. The molecular formula is C12H26IN3. The molecule has 0 radical (unpaired) electrons. The molecule has 1 saturated carbocycles.